The summed E-state index contributed by atoms with van der Waals surface area (Å²) < 4.78 is 6.38. The van der Waals surface area contributed by atoms with Crippen LogP contribution in [0.1, 0.15) is 48.3 Å². The first-order valence-electron chi connectivity index (χ1n) is 10.5. The van der Waals surface area contributed by atoms with Crippen molar-refractivity contribution in [2.75, 3.05) is 5.32 Å². The molecule has 0 spiro atoms. The fourth-order valence-corrected chi connectivity index (χ4v) is 5.43. The molecule has 0 aromatic heterocycles. The largest absolute Gasteiger partial charge is 0.467 e. The summed E-state index contributed by atoms with van der Waals surface area (Å²) in [5.41, 5.74) is 3.13. The standard InChI is InChI=1S/C24H26N2O3/c1-14-10-11-15(2)18(13-14)25-22(27)21-20-16-7-3-4-9-19(16)29-24(26-23(21)28)12-6-5-8-17(20)24/h3-4,7,9-11,13,17,20-21H,5-6,8,12H2,1-2H3,(H,25,27)(H,26,28)/t17-,20-,21-,24-/m1/s1. The fourth-order valence-electron chi connectivity index (χ4n) is 5.43. The number of carbonyl (C=O) groups excluding carboxylic acids is 2. The maximum Gasteiger partial charge on any atom is 0.237 e. The Morgan fingerprint density at radius 1 is 1.17 bits per heavy atom. The minimum Gasteiger partial charge on any atom is -0.467 e. The first-order valence-corrected chi connectivity index (χ1v) is 10.5. The number of hydrogen-bond acceptors (Lipinski definition) is 3. The quantitative estimate of drug-likeness (QED) is 0.760. The van der Waals surface area contributed by atoms with Gasteiger partial charge in [0, 0.05) is 23.9 Å². The number of fused-ring (bicyclic) bond motifs is 2. The molecule has 1 aliphatic carbocycles. The van der Waals surface area contributed by atoms with Crippen molar-refractivity contribution in [3.8, 4) is 5.75 Å². The monoisotopic (exact) mass is 390 g/mol. The molecule has 1 saturated heterocycles. The Bertz CT molecular complexity index is 1000. The average Bonchev–Trinajstić information content (AvgIpc) is 2.69. The second kappa shape index (κ2) is 6.61. The van der Waals surface area contributed by atoms with Crippen LogP contribution in [-0.2, 0) is 9.59 Å². The van der Waals surface area contributed by atoms with Crippen molar-refractivity contribution in [3.63, 3.8) is 0 Å². The zero-order valence-corrected chi connectivity index (χ0v) is 16.8. The number of aryl methyl sites for hydroxylation is 2. The molecule has 3 aliphatic rings. The van der Waals surface area contributed by atoms with Gasteiger partial charge in [-0.25, -0.2) is 0 Å². The van der Waals surface area contributed by atoms with Gasteiger partial charge >= 0.3 is 0 Å². The van der Waals surface area contributed by atoms with Crippen LogP contribution in [0.15, 0.2) is 42.5 Å². The van der Waals surface area contributed by atoms with Gasteiger partial charge in [-0.3, -0.25) is 9.59 Å². The Kier molecular flexibility index (Phi) is 4.16. The van der Waals surface area contributed by atoms with E-state index in [4.69, 9.17) is 4.74 Å². The Balaban J connectivity index is 1.56. The van der Waals surface area contributed by atoms with Crippen molar-refractivity contribution < 1.29 is 14.3 Å². The van der Waals surface area contributed by atoms with Gasteiger partial charge in [0.2, 0.25) is 11.8 Å². The second-order valence-electron chi connectivity index (χ2n) is 8.68. The molecule has 2 fully saturated rings. The minimum absolute atomic E-state index is 0.109. The zero-order valence-electron chi connectivity index (χ0n) is 16.8. The van der Waals surface area contributed by atoms with Crippen molar-refractivity contribution in [1.82, 2.24) is 5.32 Å². The Hall–Kier alpha value is -2.82. The number of ether oxygens (including phenoxy) is 1. The van der Waals surface area contributed by atoms with Gasteiger partial charge in [-0.2, -0.15) is 0 Å². The van der Waals surface area contributed by atoms with E-state index < -0.39 is 11.6 Å². The number of nitrogens with one attached hydrogen (secondary N) is 2. The molecule has 5 heteroatoms. The van der Waals surface area contributed by atoms with Gasteiger partial charge in [0.25, 0.3) is 0 Å². The molecular weight excluding hydrogens is 364 g/mol. The van der Waals surface area contributed by atoms with E-state index in [-0.39, 0.29) is 23.7 Å². The van der Waals surface area contributed by atoms with Crippen LogP contribution in [0, 0.1) is 25.7 Å². The van der Waals surface area contributed by atoms with Gasteiger partial charge in [0.15, 0.2) is 5.72 Å². The molecule has 2 aliphatic heterocycles. The van der Waals surface area contributed by atoms with E-state index >= 15 is 0 Å². The summed E-state index contributed by atoms with van der Waals surface area (Å²) in [6, 6.07) is 13.8. The van der Waals surface area contributed by atoms with Crippen molar-refractivity contribution >= 4 is 17.5 Å². The molecule has 2 amide bonds. The summed E-state index contributed by atoms with van der Waals surface area (Å²) in [7, 11) is 0. The molecule has 0 unspecified atom stereocenters. The van der Waals surface area contributed by atoms with Gasteiger partial charge in [0.05, 0.1) is 0 Å². The predicted octanol–water partition coefficient (Wildman–Crippen LogP) is 4.05. The molecule has 5 nitrogen and oxygen atoms in total. The highest BCUT2D eigenvalue weighted by Gasteiger charge is 2.60. The zero-order chi connectivity index (χ0) is 20.2. The van der Waals surface area contributed by atoms with Gasteiger partial charge in [0.1, 0.15) is 11.7 Å². The van der Waals surface area contributed by atoms with E-state index in [1.807, 2.05) is 56.3 Å². The molecule has 29 heavy (non-hydrogen) atoms. The number of carbonyl (C=O) groups is 2. The first-order chi connectivity index (χ1) is 14.0. The maximum atomic E-state index is 13.4. The summed E-state index contributed by atoms with van der Waals surface area (Å²) in [5, 5.41) is 6.16. The molecule has 150 valence electrons. The molecule has 1 saturated carbocycles. The van der Waals surface area contributed by atoms with E-state index in [0.29, 0.717) is 0 Å². The minimum atomic E-state index is -0.767. The first kappa shape index (κ1) is 18.2. The smallest absolute Gasteiger partial charge is 0.237 e. The van der Waals surface area contributed by atoms with Gasteiger partial charge in [-0.1, -0.05) is 36.8 Å². The van der Waals surface area contributed by atoms with Gasteiger partial charge < -0.3 is 15.4 Å². The van der Waals surface area contributed by atoms with Crippen molar-refractivity contribution in [2.24, 2.45) is 11.8 Å². The molecule has 5 rings (SSSR count). The van der Waals surface area contributed by atoms with Crippen LogP contribution in [0.2, 0.25) is 0 Å². The second-order valence-corrected chi connectivity index (χ2v) is 8.68. The molecule has 0 radical (unpaired) electrons. The van der Waals surface area contributed by atoms with Crippen LogP contribution in [0.4, 0.5) is 5.69 Å². The van der Waals surface area contributed by atoms with E-state index in [1.165, 1.54) is 0 Å². The molecular formula is C24H26N2O3. The number of benzene rings is 2. The number of amides is 2. The molecule has 2 N–H and O–H groups in total. The van der Waals surface area contributed by atoms with Crippen LogP contribution < -0.4 is 15.4 Å². The van der Waals surface area contributed by atoms with Crippen molar-refractivity contribution in [1.29, 1.82) is 0 Å². The van der Waals surface area contributed by atoms with Crippen molar-refractivity contribution in [2.45, 2.75) is 51.2 Å². The maximum absolute atomic E-state index is 13.4. The third-order valence-electron chi connectivity index (χ3n) is 6.83. The number of hydrogen-bond donors (Lipinski definition) is 2. The highest BCUT2D eigenvalue weighted by molar-refractivity contribution is 6.08. The molecule has 2 aromatic carbocycles. The number of rotatable bonds is 2. The Morgan fingerprint density at radius 2 is 2.00 bits per heavy atom. The van der Waals surface area contributed by atoms with Crippen LogP contribution >= 0.6 is 0 Å². The molecule has 2 heterocycles. The molecule has 2 bridgehead atoms. The normalized spacial score (nSPS) is 29.7. The highest BCUT2D eigenvalue weighted by Crippen LogP contribution is 2.55. The SMILES string of the molecule is Cc1ccc(C)c(NC(=O)[C@@H]2C(=O)N[C@@]34CCCC[C@@H]3[C@H]2c2ccccc2O4)c1. The third kappa shape index (κ3) is 2.83. The van der Waals surface area contributed by atoms with Gasteiger partial charge in [-0.15, -0.1) is 0 Å². The lowest BCUT2D eigenvalue weighted by atomic mass is 9.62. The van der Waals surface area contributed by atoms with Crippen LogP contribution in [0.25, 0.3) is 0 Å². The highest BCUT2D eigenvalue weighted by atomic mass is 16.5. The average molecular weight is 390 g/mol. The number of piperidine rings is 1. The van der Waals surface area contributed by atoms with Gasteiger partial charge in [-0.05, 0) is 55.5 Å². The van der Waals surface area contributed by atoms with E-state index in [9.17, 15) is 9.59 Å². The summed E-state index contributed by atoms with van der Waals surface area (Å²) in [6.45, 7) is 3.96. The lowest BCUT2D eigenvalue weighted by Crippen LogP contribution is -2.69. The van der Waals surface area contributed by atoms with E-state index in [0.717, 1.165) is 53.8 Å². The number of para-hydroxylation sites is 1. The van der Waals surface area contributed by atoms with Crippen LogP contribution in [-0.4, -0.2) is 17.5 Å². The predicted molar refractivity (Wildman–Crippen MR) is 111 cm³/mol. The number of anilines is 1. The summed E-state index contributed by atoms with van der Waals surface area (Å²) in [4.78, 5) is 26.6. The molecule has 2 aromatic rings. The topological polar surface area (TPSA) is 67.4 Å². The fraction of sp³-hybridized carbons (Fsp3) is 0.417. The van der Waals surface area contributed by atoms with Crippen LogP contribution in [0.3, 0.4) is 0 Å². The molecule has 4 atom stereocenters. The van der Waals surface area contributed by atoms with E-state index in [2.05, 4.69) is 10.6 Å². The van der Waals surface area contributed by atoms with E-state index in [1.54, 1.807) is 0 Å². The van der Waals surface area contributed by atoms with Crippen LogP contribution in [0.5, 0.6) is 5.75 Å². The summed E-state index contributed by atoms with van der Waals surface area (Å²) >= 11 is 0. The summed E-state index contributed by atoms with van der Waals surface area (Å²) in [5.74, 6) is -0.503. The Morgan fingerprint density at radius 3 is 2.86 bits per heavy atom. The Labute approximate surface area is 170 Å². The summed E-state index contributed by atoms with van der Waals surface area (Å²) in [6.07, 6.45) is 3.85. The van der Waals surface area contributed by atoms with Crippen molar-refractivity contribution in [3.05, 3.63) is 59.2 Å². The lowest BCUT2D eigenvalue weighted by molar-refractivity contribution is -0.160. The third-order valence-corrected chi connectivity index (χ3v) is 6.83. The lowest BCUT2D eigenvalue weighted by Gasteiger charge is -2.56.